The number of pyridine rings is 1. The lowest BCUT2D eigenvalue weighted by Crippen LogP contribution is -2.01. The highest BCUT2D eigenvalue weighted by Gasteiger charge is 2.11. The van der Waals surface area contributed by atoms with Gasteiger partial charge in [0.05, 0.1) is 22.3 Å². The molecule has 0 bridgehead atoms. The number of hydrogen-bond acceptors (Lipinski definition) is 4. The fraction of sp³-hybridized carbons (Fsp3) is 0. The van der Waals surface area contributed by atoms with Crippen LogP contribution in [0.2, 0.25) is 5.02 Å². The Labute approximate surface area is 113 Å². The third-order valence-electron chi connectivity index (χ3n) is 2.72. The first kappa shape index (κ1) is 11.5. The molecule has 0 aliphatic heterocycles. The minimum atomic E-state index is 0.305. The predicted molar refractivity (Wildman–Crippen MR) is 73.0 cm³/mol. The maximum Gasteiger partial charge on any atom is 0.207 e. The van der Waals surface area contributed by atoms with Crippen molar-refractivity contribution in [1.29, 1.82) is 5.26 Å². The number of imidazole rings is 1. The van der Waals surface area contributed by atoms with Crippen LogP contribution in [-0.2, 0) is 0 Å². The van der Waals surface area contributed by atoms with Gasteiger partial charge in [-0.1, -0.05) is 17.7 Å². The highest BCUT2D eigenvalue weighted by atomic mass is 35.5. The molecular formula is C13H8ClN5. The van der Waals surface area contributed by atoms with E-state index in [0.29, 0.717) is 27.7 Å². The third-order valence-corrected chi connectivity index (χ3v) is 2.93. The molecule has 0 fully saturated rings. The summed E-state index contributed by atoms with van der Waals surface area (Å²) in [7, 11) is 0. The summed E-state index contributed by atoms with van der Waals surface area (Å²) < 4.78 is 1.69. The van der Waals surface area contributed by atoms with Crippen LogP contribution in [0.25, 0.3) is 16.9 Å². The zero-order chi connectivity index (χ0) is 13.4. The summed E-state index contributed by atoms with van der Waals surface area (Å²) in [6, 6.07) is 10.9. The molecule has 2 aromatic heterocycles. The molecule has 5 nitrogen and oxygen atoms in total. The molecule has 6 heteroatoms. The van der Waals surface area contributed by atoms with Crippen LogP contribution in [0, 0.1) is 11.3 Å². The van der Waals surface area contributed by atoms with Crippen molar-refractivity contribution in [2.24, 2.45) is 0 Å². The van der Waals surface area contributed by atoms with Crippen molar-refractivity contribution in [2.75, 3.05) is 5.73 Å². The van der Waals surface area contributed by atoms with Gasteiger partial charge in [0.25, 0.3) is 0 Å². The Balaban J connectivity index is 2.30. The van der Waals surface area contributed by atoms with Gasteiger partial charge in [-0.15, -0.1) is 0 Å². The zero-order valence-electron chi connectivity index (χ0n) is 9.71. The quantitative estimate of drug-likeness (QED) is 0.736. The smallest absolute Gasteiger partial charge is 0.207 e. The molecule has 0 atom stereocenters. The van der Waals surface area contributed by atoms with E-state index in [1.54, 1.807) is 28.8 Å². The number of nitrogen functional groups attached to an aromatic ring is 1. The second-order valence-corrected chi connectivity index (χ2v) is 4.40. The number of nitrogens with zero attached hydrogens (tertiary/aromatic N) is 4. The van der Waals surface area contributed by atoms with Crippen LogP contribution < -0.4 is 5.73 Å². The first-order valence-electron chi connectivity index (χ1n) is 5.49. The van der Waals surface area contributed by atoms with Gasteiger partial charge in [-0.25, -0.2) is 9.97 Å². The average molecular weight is 270 g/mol. The number of halogens is 1. The third kappa shape index (κ3) is 1.88. The van der Waals surface area contributed by atoms with Gasteiger partial charge in [0.15, 0.2) is 5.65 Å². The van der Waals surface area contributed by atoms with Crippen LogP contribution >= 0.6 is 11.6 Å². The van der Waals surface area contributed by atoms with Crippen molar-refractivity contribution in [3.05, 3.63) is 47.1 Å². The summed E-state index contributed by atoms with van der Waals surface area (Å²) in [5, 5.41) is 9.44. The Morgan fingerprint density at radius 2 is 2.16 bits per heavy atom. The van der Waals surface area contributed by atoms with E-state index in [-0.39, 0.29) is 0 Å². The highest BCUT2D eigenvalue weighted by Crippen LogP contribution is 2.23. The molecule has 1 aromatic carbocycles. The summed E-state index contributed by atoms with van der Waals surface area (Å²) >= 11 is 5.88. The van der Waals surface area contributed by atoms with Gasteiger partial charge in [0.1, 0.15) is 5.52 Å². The standard InChI is InChI=1S/C13H8ClN5/c14-9-5-11-12(17-7-9)19(13(16)18-11)10-3-1-2-8(4-10)6-15/h1-5,7H,(H2,16,18). The summed E-state index contributed by atoms with van der Waals surface area (Å²) in [5.74, 6) is 0.305. The SMILES string of the molecule is N#Cc1cccc(-n2c(N)nc3cc(Cl)cnc32)c1. The van der Waals surface area contributed by atoms with Gasteiger partial charge in [-0.05, 0) is 24.3 Å². The lowest BCUT2D eigenvalue weighted by molar-refractivity contribution is 1.08. The molecular weight excluding hydrogens is 262 g/mol. The van der Waals surface area contributed by atoms with E-state index in [1.807, 2.05) is 6.07 Å². The van der Waals surface area contributed by atoms with E-state index in [2.05, 4.69) is 16.0 Å². The number of hydrogen-bond donors (Lipinski definition) is 1. The van der Waals surface area contributed by atoms with Crippen molar-refractivity contribution in [2.45, 2.75) is 0 Å². The molecule has 0 unspecified atom stereocenters. The Bertz CT molecular complexity index is 816. The maximum absolute atomic E-state index is 8.94. The molecule has 0 radical (unpaired) electrons. The van der Waals surface area contributed by atoms with Gasteiger partial charge >= 0.3 is 0 Å². The predicted octanol–water partition coefficient (Wildman–Crippen LogP) is 2.53. The zero-order valence-corrected chi connectivity index (χ0v) is 10.5. The van der Waals surface area contributed by atoms with Gasteiger partial charge in [-0.3, -0.25) is 4.57 Å². The topological polar surface area (TPSA) is 80.5 Å². The Morgan fingerprint density at radius 1 is 1.32 bits per heavy atom. The van der Waals surface area contributed by atoms with E-state index in [0.717, 1.165) is 5.69 Å². The number of nitriles is 1. The fourth-order valence-electron chi connectivity index (χ4n) is 1.93. The molecule has 19 heavy (non-hydrogen) atoms. The van der Waals surface area contributed by atoms with Gasteiger partial charge in [0.2, 0.25) is 5.95 Å². The Hall–Kier alpha value is -2.58. The molecule has 3 aromatic rings. The number of anilines is 1. The summed E-state index contributed by atoms with van der Waals surface area (Å²) in [6.07, 6.45) is 1.54. The summed E-state index contributed by atoms with van der Waals surface area (Å²) in [5.41, 5.74) is 8.43. The van der Waals surface area contributed by atoms with Crippen molar-refractivity contribution in [3.63, 3.8) is 0 Å². The highest BCUT2D eigenvalue weighted by molar-refractivity contribution is 6.31. The van der Waals surface area contributed by atoms with E-state index in [1.165, 1.54) is 6.20 Å². The van der Waals surface area contributed by atoms with Crippen LogP contribution in [0.4, 0.5) is 5.95 Å². The fourth-order valence-corrected chi connectivity index (χ4v) is 2.08. The number of nitrogens with two attached hydrogens (primary N) is 1. The second kappa shape index (κ2) is 4.26. The Kier molecular flexibility index (Phi) is 2.58. The van der Waals surface area contributed by atoms with Crippen molar-refractivity contribution >= 4 is 28.7 Å². The van der Waals surface area contributed by atoms with Crippen molar-refractivity contribution < 1.29 is 0 Å². The Morgan fingerprint density at radius 3 is 2.95 bits per heavy atom. The van der Waals surface area contributed by atoms with Crippen LogP contribution in [-0.4, -0.2) is 14.5 Å². The molecule has 0 saturated heterocycles. The molecule has 2 N–H and O–H groups in total. The molecule has 0 saturated carbocycles. The molecule has 0 amide bonds. The van der Waals surface area contributed by atoms with Crippen molar-refractivity contribution in [1.82, 2.24) is 14.5 Å². The first-order chi connectivity index (χ1) is 9.19. The van der Waals surface area contributed by atoms with E-state index in [9.17, 15) is 0 Å². The minimum Gasteiger partial charge on any atom is -0.369 e. The first-order valence-corrected chi connectivity index (χ1v) is 5.87. The van der Waals surface area contributed by atoms with Crippen molar-refractivity contribution in [3.8, 4) is 11.8 Å². The monoisotopic (exact) mass is 269 g/mol. The molecule has 3 rings (SSSR count). The lowest BCUT2D eigenvalue weighted by Gasteiger charge is -2.05. The maximum atomic E-state index is 8.94. The largest absolute Gasteiger partial charge is 0.369 e. The summed E-state index contributed by atoms with van der Waals surface area (Å²) in [6.45, 7) is 0. The minimum absolute atomic E-state index is 0.305. The normalized spacial score (nSPS) is 10.5. The van der Waals surface area contributed by atoms with E-state index >= 15 is 0 Å². The van der Waals surface area contributed by atoms with Crippen LogP contribution in [0.15, 0.2) is 36.5 Å². The molecule has 0 aliphatic carbocycles. The van der Waals surface area contributed by atoms with E-state index in [4.69, 9.17) is 22.6 Å². The van der Waals surface area contributed by atoms with Gasteiger partial charge < -0.3 is 5.73 Å². The van der Waals surface area contributed by atoms with Gasteiger partial charge in [-0.2, -0.15) is 5.26 Å². The molecule has 0 spiro atoms. The van der Waals surface area contributed by atoms with Crippen LogP contribution in [0.1, 0.15) is 5.56 Å². The lowest BCUT2D eigenvalue weighted by atomic mass is 10.2. The molecule has 92 valence electrons. The van der Waals surface area contributed by atoms with Crippen LogP contribution in [0.5, 0.6) is 0 Å². The number of aromatic nitrogens is 3. The van der Waals surface area contributed by atoms with E-state index < -0.39 is 0 Å². The number of fused-ring (bicyclic) bond motifs is 1. The summed E-state index contributed by atoms with van der Waals surface area (Å²) in [4.78, 5) is 8.46. The second-order valence-electron chi connectivity index (χ2n) is 3.96. The number of rotatable bonds is 1. The molecule has 0 aliphatic rings. The van der Waals surface area contributed by atoms with Crippen LogP contribution in [0.3, 0.4) is 0 Å². The average Bonchev–Trinajstić information content (AvgIpc) is 2.73. The van der Waals surface area contributed by atoms with Gasteiger partial charge in [0, 0.05) is 6.20 Å². The number of benzene rings is 1. The molecule has 2 heterocycles.